The summed E-state index contributed by atoms with van der Waals surface area (Å²) in [4.78, 5) is 12.4. The number of thioether (sulfide) groups is 1. The molecule has 34 heavy (non-hydrogen) atoms. The van der Waals surface area contributed by atoms with Crippen LogP contribution in [-0.2, 0) is 22.3 Å². The van der Waals surface area contributed by atoms with Gasteiger partial charge in [0.2, 0.25) is 10.0 Å². The third-order valence-corrected chi connectivity index (χ3v) is 7.78. The Balaban J connectivity index is 1.57. The number of benzene rings is 3. The molecule has 0 saturated heterocycles. The van der Waals surface area contributed by atoms with Crippen LogP contribution in [0.3, 0.4) is 0 Å². The summed E-state index contributed by atoms with van der Waals surface area (Å²) in [6.07, 6.45) is 1.12. The Morgan fingerprint density at radius 3 is 2.32 bits per heavy atom. The number of carbonyl (C=O) groups excluding carboxylic acids is 1. The molecule has 1 amide bonds. The van der Waals surface area contributed by atoms with E-state index in [1.807, 2.05) is 0 Å². The molecule has 0 spiro atoms. The largest absolute Gasteiger partial charge is 0.351 e. The number of anilines is 1. The molecule has 10 heteroatoms. The molecule has 0 aromatic heterocycles. The van der Waals surface area contributed by atoms with E-state index in [-0.39, 0.29) is 18.3 Å². The molecule has 0 saturated carbocycles. The van der Waals surface area contributed by atoms with E-state index in [0.29, 0.717) is 50.5 Å². The lowest BCUT2D eigenvalue weighted by Crippen LogP contribution is -2.29. The Morgan fingerprint density at radius 1 is 1.00 bits per heavy atom. The molecule has 180 valence electrons. The molecular formula is C24H23Cl2FN2O3S2. The van der Waals surface area contributed by atoms with Crippen LogP contribution in [0.1, 0.15) is 21.5 Å². The highest BCUT2D eigenvalue weighted by Gasteiger charge is 2.19. The van der Waals surface area contributed by atoms with Gasteiger partial charge in [0, 0.05) is 39.2 Å². The van der Waals surface area contributed by atoms with Crippen molar-refractivity contribution in [3.05, 3.63) is 99.3 Å². The molecule has 0 aliphatic carbocycles. The summed E-state index contributed by atoms with van der Waals surface area (Å²) in [5.41, 5.74) is 1.95. The van der Waals surface area contributed by atoms with Crippen molar-refractivity contribution < 1.29 is 17.6 Å². The van der Waals surface area contributed by atoms with Gasteiger partial charge in [-0.05, 0) is 48.0 Å². The number of hydrogen-bond donors (Lipinski definition) is 1. The van der Waals surface area contributed by atoms with Crippen LogP contribution in [0.15, 0.2) is 66.7 Å². The molecule has 0 bridgehead atoms. The minimum atomic E-state index is -3.58. The minimum Gasteiger partial charge on any atom is -0.351 e. The number of nitrogens with zero attached hydrogens (tertiary/aromatic N) is 1. The molecule has 3 rings (SSSR count). The molecule has 0 radical (unpaired) electrons. The zero-order chi connectivity index (χ0) is 24.7. The fraction of sp³-hybridized carbons (Fsp3) is 0.208. The predicted molar refractivity (Wildman–Crippen MR) is 139 cm³/mol. The van der Waals surface area contributed by atoms with Crippen molar-refractivity contribution in [1.82, 2.24) is 5.32 Å². The second-order valence-corrected chi connectivity index (χ2v) is 11.2. The molecule has 0 atom stereocenters. The molecule has 0 unspecified atom stereocenters. The molecule has 3 aromatic rings. The smallest absolute Gasteiger partial charge is 0.251 e. The minimum absolute atomic E-state index is 0.0767. The number of nitrogens with one attached hydrogen (secondary N) is 1. The van der Waals surface area contributed by atoms with Gasteiger partial charge in [0.1, 0.15) is 5.82 Å². The first kappa shape index (κ1) is 26.3. The van der Waals surface area contributed by atoms with Crippen LogP contribution >= 0.6 is 35.0 Å². The maximum absolute atomic E-state index is 13.8. The van der Waals surface area contributed by atoms with Crippen molar-refractivity contribution >= 4 is 56.6 Å². The number of halogens is 3. The van der Waals surface area contributed by atoms with Crippen LogP contribution in [0.5, 0.6) is 0 Å². The molecule has 1 N–H and O–H groups in total. The summed E-state index contributed by atoms with van der Waals surface area (Å²) in [7, 11) is -3.58. The Bertz CT molecular complexity index is 1240. The summed E-state index contributed by atoms with van der Waals surface area (Å²) in [6, 6.07) is 17.9. The summed E-state index contributed by atoms with van der Waals surface area (Å²) < 4.78 is 39.8. The van der Waals surface area contributed by atoms with E-state index in [9.17, 15) is 17.6 Å². The van der Waals surface area contributed by atoms with Gasteiger partial charge in [0.05, 0.1) is 18.5 Å². The molecular weight excluding hydrogens is 518 g/mol. The standard InChI is InChI=1S/C24H23Cl2FN2O3S2/c1-34(31,32)29(15-18-5-2-3-6-21(18)25)19-11-9-17(10-12-19)24(30)28-13-14-33-16-20-22(26)7-4-8-23(20)27/h2-12H,13-16H2,1H3,(H,28,30). The Morgan fingerprint density at radius 2 is 1.68 bits per heavy atom. The van der Waals surface area contributed by atoms with Gasteiger partial charge in [-0.3, -0.25) is 9.10 Å². The van der Waals surface area contributed by atoms with Crippen molar-refractivity contribution in [2.45, 2.75) is 12.3 Å². The quantitative estimate of drug-likeness (QED) is 0.332. The lowest BCUT2D eigenvalue weighted by Gasteiger charge is -2.23. The molecule has 0 aliphatic heterocycles. The van der Waals surface area contributed by atoms with Crippen molar-refractivity contribution in [2.75, 3.05) is 22.9 Å². The molecule has 3 aromatic carbocycles. The van der Waals surface area contributed by atoms with E-state index in [1.54, 1.807) is 60.7 Å². The molecule has 0 fully saturated rings. The van der Waals surface area contributed by atoms with Crippen molar-refractivity contribution in [1.29, 1.82) is 0 Å². The third-order valence-electron chi connectivity index (χ3n) is 4.93. The number of amides is 1. The monoisotopic (exact) mass is 540 g/mol. The highest BCUT2D eigenvalue weighted by molar-refractivity contribution is 7.98. The van der Waals surface area contributed by atoms with Gasteiger partial charge in [-0.15, -0.1) is 0 Å². The topological polar surface area (TPSA) is 66.5 Å². The Labute approximate surface area is 213 Å². The maximum Gasteiger partial charge on any atom is 0.251 e. The van der Waals surface area contributed by atoms with Crippen LogP contribution in [0.4, 0.5) is 10.1 Å². The molecule has 0 heterocycles. The van der Waals surface area contributed by atoms with Gasteiger partial charge < -0.3 is 5.32 Å². The molecule has 5 nitrogen and oxygen atoms in total. The highest BCUT2D eigenvalue weighted by atomic mass is 35.5. The first-order chi connectivity index (χ1) is 16.2. The zero-order valence-electron chi connectivity index (χ0n) is 18.3. The summed E-state index contributed by atoms with van der Waals surface area (Å²) in [5.74, 6) is 0.353. The fourth-order valence-corrected chi connectivity index (χ4v) is 5.41. The number of rotatable bonds is 10. The van der Waals surface area contributed by atoms with E-state index >= 15 is 0 Å². The van der Waals surface area contributed by atoms with Gasteiger partial charge >= 0.3 is 0 Å². The van der Waals surface area contributed by atoms with E-state index in [0.717, 1.165) is 6.26 Å². The van der Waals surface area contributed by atoms with Crippen LogP contribution in [0, 0.1) is 5.82 Å². The van der Waals surface area contributed by atoms with E-state index < -0.39 is 10.0 Å². The highest BCUT2D eigenvalue weighted by Crippen LogP contribution is 2.25. The van der Waals surface area contributed by atoms with Gasteiger partial charge in [-0.25, -0.2) is 12.8 Å². The third kappa shape index (κ3) is 7.12. The first-order valence-corrected chi connectivity index (χ1v) is 14.0. The number of sulfonamides is 1. The Kier molecular flexibility index (Phi) is 9.24. The van der Waals surface area contributed by atoms with Crippen LogP contribution in [0.2, 0.25) is 10.0 Å². The maximum atomic E-state index is 13.8. The van der Waals surface area contributed by atoms with Crippen LogP contribution in [0.25, 0.3) is 0 Å². The SMILES string of the molecule is CS(=O)(=O)N(Cc1ccccc1Cl)c1ccc(C(=O)NCCSCc2c(F)cccc2Cl)cc1. The fourth-order valence-electron chi connectivity index (χ4n) is 3.14. The van der Waals surface area contributed by atoms with Gasteiger partial charge in [-0.1, -0.05) is 47.5 Å². The second kappa shape index (κ2) is 11.9. The zero-order valence-corrected chi connectivity index (χ0v) is 21.4. The normalized spacial score (nSPS) is 11.3. The second-order valence-electron chi connectivity index (χ2n) is 7.42. The van der Waals surface area contributed by atoms with Crippen molar-refractivity contribution in [2.24, 2.45) is 0 Å². The number of carbonyl (C=O) groups is 1. The van der Waals surface area contributed by atoms with Crippen LogP contribution in [-0.4, -0.2) is 32.9 Å². The summed E-state index contributed by atoms with van der Waals surface area (Å²) in [5, 5.41) is 3.66. The number of hydrogen-bond acceptors (Lipinski definition) is 4. The first-order valence-electron chi connectivity index (χ1n) is 10.3. The average molecular weight is 541 g/mol. The summed E-state index contributed by atoms with van der Waals surface area (Å²) in [6.45, 7) is 0.465. The molecule has 0 aliphatic rings. The predicted octanol–water partition coefficient (Wildman–Crippen LogP) is 5.76. The Hall–Kier alpha value is -2.26. The van der Waals surface area contributed by atoms with Gasteiger partial charge in [0.25, 0.3) is 5.91 Å². The van der Waals surface area contributed by atoms with Crippen LogP contribution < -0.4 is 9.62 Å². The van der Waals surface area contributed by atoms with E-state index in [4.69, 9.17) is 23.2 Å². The van der Waals surface area contributed by atoms with E-state index in [1.165, 1.54) is 22.1 Å². The average Bonchev–Trinajstić information content (AvgIpc) is 2.79. The van der Waals surface area contributed by atoms with Crippen molar-refractivity contribution in [3.63, 3.8) is 0 Å². The summed E-state index contributed by atoms with van der Waals surface area (Å²) >= 11 is 13.7. The lowest BCUT2D eigenvalue weighted by molar-refractivity contribution is 0.0956. The van der Waals surface area contributed by atoms with Crippen molar-refractivity contribution in [3.8, 4) is 0 Å². The van der Waals surface area contributed by atoms with Gasteiger partial charge in [0.15, 0.2) is 0 Å². The lowest BCUT2D eigenvalue weighted by atomic mass is 10.1. The van der Waals surface area contributed by atoms with Gasteiger partial charge in [-0.2, -0.15) is 11.8 Å². The van der Waals surface area contributed by atoms with E-state index in [2.05, 4.69) is 5.32 Å².